The minimum atomic E-state index is -0.281. The van der Waals surface area contributed by atoms with Crippen LogP contribution in [0.25, 0.3) is 11.0 Å². The smallest absolute Gasteiger partial charge is 0.152 e. The molecule has 21 heavy (non-hydrogen) atoms. The van der Waals surface area contributed by atoms with Crippen LogP contribution in [0.15, 0.2) is 28.7 Å². The molecular weight excluding hydrogens is 286 g/mol. The average Bonchev–Trinajstić information content (AvgIpc) is 2.93. The number of ether oxygens (including phenoxy) is 1. The molecule has 1 N–H and O–H groups in total. The predicted octanol–water partition coefficient (Wildman–Crippen LogP) is 4.94. The number of fused-ring (bicyclic) bond motifs is 1. The maximum Gasteiger partial charge on any atom is 0.152 e. The molecular formula is C17H24ClNO2. The minimum absolute atomic E-state index is 0.00552. The molecule has 0 bridgehead atoms. The summed E-state index contributed by atoms with van der Waals surface area (Å²) in [5.41, 5.74) is 0.463. The predicted molar refractivity (Wildman–Crippen MR) is 88.0 cm³/mol. The van der Waals surface area contributed by atoms with Gasteiger partial charge in [0.1, 0.15) is 5.76 Å². The normalized spacial score (nSPS) is 13.8. The third-order valence-corrected chi connectivity index (χ3v) is 4.64. The second-order valence-corrected chi connectivity index (χ2v) is 5.68. The van der Waals surface area contributed by atoms with E-state index in [4.69, 9.17) is 20.8 Å². The molecule has 0 fully saturated rings. The molecule has 3 nitrogen and oxygen atoms in total. The van der Waals surface area contributed by atoms with Crippen LogP contribution in [0.3, 0.4) is 0 Å². The first-order valence-corrected chi connectivity index (χ1v) is 7.96. The standard InChI is InChI=1S/C17H24ClNO2/c1-5-17(6-2,20-4)16(19-7-3)14-11-12-9-8-10-13(18)15(12)21-14/h8-11,16,19H,5-7H2,1-4H3. The molecule has 0 amide bonds. The highest BCUT2D eigenvalue weighted by Gasteiger charge is 2.38. The molecule has 2 rings (SSSR count). The fourth-order valence-electron chi connectivity index (χ4n) is 3.00. The molecule has 0 spiro atoms. The fraction of sp³-hybridized carbons (Fsp3) is 0.529. The van der Waals surface area contributed by atoms with E-state index in [1.165, 1.54) is 0 Å². The van der Waals surface area contributed by atoms with Crippen molar-refractivity contribution in [3.05, 3.63) is 35.0 Å². The lowest BCUT2D eigenvalue weighted by Crippen LogP contribution is -2.44. The summed E-state index contributed by atoms with van der Waals surface area (Å²) in [6.45, 7) is 7.23. The maximum atomic E-state index is 6.22. The van der Waals surface area contributed by atoms with Gasteiger partial charge in [0.25, 0.3) is 0 Å². The highest BCUT2D eigenvalue weighted by Crippen LogP contribution is 2.38. The average molecular weight is 310 g/mol. The first-order valence-electron chi connectivity index (χ1n) is 7.58. The Kier molecular flexibility index (Phi) is 5.31. The minimum Gasteiger partial charge on any atom is -0.458 e. The van der Waals surface area contributed by atoms with Gasteiger partial charge in [-0.15, -0.1) is 0 Å². The van der Waals surface area contributed by atoms with Crippen LogP contribution in [-0.4, -0.2) is 19.3 Å². The highest BCUT2D eigenvalue weighted by molar-refractivity contribution is 6.34. The van der Waals surface area contributed by atoms with Crippen LogP contribution < -0.4 is 5.32 Å². The zero-order chi connectivity index (χ0) is 15.5. The summed E-state index contributed by atoms with van der Waals surface area (Å²) in [7, 11) is 1.77. The summed E-state index contributed by atoms with van der Waals surface area (Å²) < 4.78 is 11.9. The van der Waals surface area contributed by atoms with E-state index in [-0.39, 0.29) is 11.6 Å². The number of methoxy groups -OCH3 is 1. The third kappa shape index (κ3) is 2.96. The number of hydrogen-bond donors (Lipinski definition) is 1. The first-order chi connectivity index (χ1) is 10.1. The zero-order valence-electron chi connectivity index (χ0n) is 13.2. The van der Waals surface area contributed by atoms with Crippen molar-refractivity contribution in [1.29, 1.82) is 0 Å². The summed E-state index contributed by atoms with van der Waals surface area (Å²) in [6.07, 6.45) is 1.81. The number of benzene rings is 1. The van der Waals surface area contributed by atoms with E-state index in [0.29, 0.717) is 5.02 Å². The summed E-state index contributed by atoms with van der Waals surface area (Å²) in [6, 6.07) is 7.88. The van der Waals surface area contributed by atoms with Gasteiger partial charge in [0.2, 0.25) is 0 Å². The van der Waals surface area contributed by atoms with Crippen LogP contribution in [0.1, 0.15) is 45.4 Å². The molecule has 1 atom stereocenters. The van der Waals surface area contributed by atoms with Crippen molar-refractivity contribution in [2.24, 2.45) is 0 Å². The number of rotatable bonds is 7. The summed E-state index contributed by atoms with van der Waals surface area (Å²) in [5, 5.41) is 5.18. The SMILES string of the molecule is CCNC(c1cc2cccc(Cl)c2o1)C(CC)(CC)OC. The molecule has 2 aromatic rings. The Morgan fingerprint density at radius 3 is 2.52 bits per heavy atom. The lowest BCUT2D eigenvalue weighted by molar-refractivity contribution is -0.0529. The molecule has 1 heterocycles. The van der Waals surface area contributed by atoms with Gasteiger partial charge in [-0.25, -0.2) is 0 Å². The molecule has 1 unspecified atom stereocenters. The number of nitrogens with one attached hydrogen (secondary N) is 1. The van der Waals surface area contributed by atoms with Gasteiger partial charge in [-0.05, 0) is 31.5 Å². The van der Waals surface area contributed by atoms with E-state index < -0.39 is 0 Å². The number of halogens is 1. The second-order valence-electron chi connectivity index (χ2n) is 5.27. The van der Waals surface area contributed by atoms with E-state index in [2.05, 4.69) is 32.2 Å². The first kappa shape index (κ1) is 16.3. The van der Waals surface area contributed by atoms with Crippen LogP contribution >= 0.6 is 11.6 Å². The van der Waals surface area contributed by atoms with Crippen LogP contribution in [0.5, 0.6) is 0 Å². The van der Waals surface area contributed by atoms with Crippen LogP contribution in [0, 0.1) is 0 Å². The maximum absolute atomic E-state index is 6.22. The van der Waals surface area contributed by atoms with Crippen LogP contribution in [0.2, 0.25) is 5.02 Å². The molecule has 0 aliphatic carbocycles. The molecule has 1 aromatic heterocycles. The Labute approximate surface area is 131 Å². The third-order valence-electron chi connectivity index (χ3n) is 4.34. The number of para-hydroxylation sites is 1. The van der Waals surface area contributed by atoms with Crippen molar-refractivity contribution >= 4 is 22.6 Å². The summed E-state index contributed by atoms with van der Waals surface area (Å²) in [5.74, 6) is 0.880. The number of furan rings is 1. The molecule has 0 aliphatic heterocycles. The Balaban J connectivity index is 2.51. The van der Waals surface area contributed by atoms with E-state index in [0.717, 1.165) is 36.1 Å². The molecule has 0 aliphatic rings. The number of hydrogen-bond acceptors (Lipinski definition) is 3. The zero-order valence-corrected chi connectivity index (χ0v) is 14.0. The largest absolute Gasteiger partial charge is 0.458 e. The molecule has 0 saturated heterocycles. The van der Waals surface area contributed by atoms with Crippen molar-refractivity contribution in [2.45, 2.75) is 45.3 Å². The fourth-order valence-corrected chi connectivity index (χ4v) is 3.22. The quantitative estimate of drug-likeness (QED) is 0.786. The molecule has 0 radical (unpaired) electrons. The van der Waals surface area contributed by atoms with Gasteiger partial charge in [0, 0.05) is 12.5 Å². The van der Waals surface area contributed by atoms with Crippen molar-refractivity contribution in [1.82, 2.24) is 5.32 Å². The van der Waals surface area contributed by atoms with Crippen molar-refractivity contribution in [3.8, 4) is 0 Å². The Bertz CT molecular complexity index is 581. The number of likely N-dealkylation sites (N-methyl/N-ethyl adjacent to an activating group) is 1. The Hall–Kier alpha value is -1.03. The van der Waals surface area contributed by atoms with E-state index in [1.807, 2.05) is 18.2 Å². The monoisotopic (exact) mass is 309 g/mol. The van der Waals surface area contributed by atoms with Crippen LogP contribution in [0.4, 0.5) is 0 Å². The van der Waals surface area contributed by atoms with E-state index >= 15 is 0 Å². The highest BCUT2D eigenvalue weighted by atomic mass is 35.5. The van der Waals surface area contributed by atoms with Gasteiger partial charge in [0.05, 0.1) is 16.7 Å². The van der Waals surface area contributed by atoms with Crippen molar-refractivity contribution in [2.75, 3.05) is 13.7 Å². The summed E-state index contributed by atoms with van der Waals surface area (Å²) >= 11 is 6.22. The van der Waals surface area contributed by atoms with E-state index in [1.54, 1.807) is 7.11 Å². The molecule has 1 aromatic carbocycles. The second kappa shape index (κ2) is 6.82. The van der Waals surface area contributed by atoms with Gasteiger partial charge in [-0.3, -0.25) is 0 Å². The lowest BCUT2D eigenvalue weighted by Gasteiger charge is -2.37. The van der Waals surface area contributed by atoms with Gasteiger partial charge >= 0.3 is 0 Å². The van der Waals surface area contributed by atoms with Crippen molar-refractivity contribution in [3.63, 3.8) is 0 Å². The van der Waals surface area contributed by atoms with Gasteiger partial charge in [-0.2, -0.15) is 0 Å². The topological polar surface area (TPSA) is 34.4 Å². The summed E-state index contributed by atoms with van der Waals surface area (Å²) in [4.78, 5) is 0. The van der Waals surface area contributed by atoms with Gasteiger partial charge < -0.3 is 14.5 Å². The molecule has 4 heteroatoms. The van der Waals surface area contributed by atoms with Crippen LogP contribution in [-0.2, 0) is 4.74 Å². The molecule has 116 valence electrons. The van der Waals surface area contributed by atoms with Crippen molar-refractivity contribution < 1.29 is 9.15 Å². The Morgan fingerprint density at radius 2 is 2.00 bits per heavy atom. The van der Waals surface area contributed by atoms with Gasteiger partial charge in [-0.1, -0.05) is 44.5 Å². The molecule has 0 saturated carbocycles. The Morgan fingerprint density at radius 1 is 1.29 bits per heavy atom. The lowest BCUT2D eigenvalue weighted by atomic mass is 9.86. The van der Waals surface area contributed by atoms with E-state index in [9.17, 15) is 0 Å². The van der Waals surface area contributed by atoms with Gasteiger partial charge in [0.15, 0.2) is 5.58 Å².